The van der Waals surface area contributed by atoms with Crippen molar-refractivity contribution >= 4 is 0 Å². The van der Waals surface area contributed by atoms with Crippen molar-refractivity contribution in [1.82, 2.24) is 0 Å². The van der Waals surface area contributed by atoms with Gasteiger partial charge in [-0.05, 0) is 62.8 Å². The van der Waals surface area contributed by atoms with Gasteiger partial charge in [0.2, 0.25) is 0 Å². The summed E-state index contributed by atoms with van der Waals surface area (Å²) >= 11 is 0. The maximum atomic E-state index is 10.7. The van der Waals surface area contributed by atoms with Crippen LogP contribution >= 0.6 is 0 Å². The van der Waals surface area contributed by atoms with E-state index in [2.05, 4.69) is 33.4 Å². The van der Waals surface area contributed by atoms with Gasteiger partial charge in [0, 0.05) is 17.4 Å². The van der Waals surface area contributed by atoms with E-state index >= 15 is 0 Å². The summed E-state index contributed by atoms with van der Waals surface area (Å²) in [6, 6.07) is 4.01. The fraction of sp³-hybridized carbons (Fsp3) is 0.619. The smallest absolute Gasteiger partial charge is 0.127 e. The van der Waals surface area contributed by atoms with Crippen LogP contribution in [0.15, 0.2) is 24.3 Å². The Bertz CT molecular complexity index is 632. The lowest BCUT2D eigenvalue weighted by atomic mass is 9.64. The zero-order valence-corrected chi connectivity index (χ0v) is 15.1. The lowest BCUT2D eigenvalue weighted by molar-refractivity contribution is -0.0238. The van der Waals surface area contributed by atoms with Crippen molar-refractivity contribution < 1.29 is 14.9 Å². The van der Waals surface area contributed by atoms with Crippen LogP contribution in [0.25, 0.3) is 0 Å². The van der Waals surface area contributed by atoms with Crippen molar-refractivity contribution in [3.63, 3.8) is 0 Å². The van der Waals surface area contributed by atoms with E-state index in [1.54, 1.807) is 0 Å². The molecule has 132 valence electrons. The molecule has 3 atom stereocenters. The first-order valence-corrected chi connectivity index (χ1v) is 9.24. The quantitative estimate of drug-likeness (QED) is 0.621. The van der Waals surface area contributed by atoms with Crippen molar-refractivity contribution in [2.24, 2.45) is 5.92 Å². The van der Waals surface area contributed by atoms with Crippen molar-refractivity contribution in [3.05, 3.63) is 35.4 Å². The third-order valence-corrected chi connectivity index (χ3v) is 5.80. The van der Waals surface area contributed by atoms with Gasteiger partial charge in [0.1, 0.15) is 17.1 Å². The number of aliphatic hydroxyl groups is 1. The number of aryl methyl sites for hydroxylation is 1. The van der Waals surface area contributed by atoms with Crippen molar-refractivity contribution in [2.45, 2.75) is 76.9 Å². The van der Waals surface area contributed by atoms with Gasteiger partial charge < -0.3 is 14.9 Å². The van der Waals surface area contributed by atoms with Gasteiger partial charge in [-0.15, -0.1) is 0 Å². The van der Waals surface area contributed by atoms with E-state index in [0.717, 1.165) is 35.3 Å². The topological polar surface area (TPSA) is 49.7 Å². The molecule has 2 aliphatic rings. The first-order chi connectivity index (χ1) is 11.3. The molecular formula is C21H30O3. The molecule has 0 unspecified atom stereocenters. The number of aliphatic hydroxyl groups excluding tert-OH is 1. The Kier molecular flexibility index (Phi) is 4.65. The van der Waals surface area contributed by atoms with Crippen LogP contribution in [-0.4, -0.2) is 21.9 Å². The van der Waals surface area contributed by atoms with Crippen LogP contribution in [0.1, 0.15) is 69.9 Å². The van der Waals surface area contributed by atoms with Crippen LogP contribution in [0.4, 0.5) is 0 Å². The highest BCUT2D eigenvalue weighted by molar-refractivity contribution is 5.52. The first kappa shape index (κ1) is 17.3. The lowest BCUT2D eigenvalue weighted by Gasteiger charge is -2.49. The number of unbranched alkanes of at least 4 members (excludes halogenated alkanes) is 2. The predicted octanol–water partition coefficient (Wildman–Crippen LogP) is 4.71. The van der Waals surface area contributed by atoms with Crippen LogP contribution in [0.3, 0.4) is 0 Å². The number of aromatic hydroxyl groups is 1. The Morgan fingerprint density at radius 3 is 2.75 bits per heavy atom. The second-order valence-corrected chi connectivity index (χ2v) is 8.02. The van der Waals surface area contributed by atoms with Crippen molar-refractivity contribution in [2.75, 3.05) is 0 Å². The molecule has 0 spiro atoms. The maximum Gasteiger partial charge on any atom is 0.127 e. The largest absolute Gasteiger partial charge is 0.508 e. The predicted molar refractivity (Wildman–Crippen MR) is 96.7 cm³/mol. The average molecular weight is 330 g/mol. The summed E-state index contributed by atoms with van der Waals surface area (Å²) in [6.07, 6.45) is 5.39. The summed E-state index contributed by atoms with van der Waals surface area (Å²) in [6.45, 7) is 10.4. The second kappa shape index (κ2) is 6.44. The molecular weight excluding hydrogens is 300 g/mol. The molecule has 1 aliphatic carbocycles. The Morgan fingerprint density at radius 1 is 1.29 bits per heavy atom. The lowest BCUT2D eigenvalue weighted by Crippen LogP contribution is -2.48. The van der Waals surface area contributed by atoms with Crippen LogP contribution in [0.2, 0.25) is 0 Å². The van der Waals surface area contributed by atoms with E-state index < -0.39 is 6.10 Å². The highest BCUT2D eigenvalue weighted by atomic mass is 16.5. The fourth-order valence-electron chi connectivity index (χ4n) is 4.41. The molecule has 3 rings (SSSR count). The summed E-state index contributed by atoms with van der Waals surface area (Å²) in [4.78, 5) is 0. The number of fused-ring (bicyclic) bond motifs is 3. The van der Waals surface area contributed by atoms with Gasteiger partial charge in [-0.2, -0.15) is 0 Å². The van der Waals surface area contributed by atoms with E-state index in [-0.39, 0.29) is 17.4 Å². The van der Waals surface area contributed by atoms with Crippen molar-refractivity contribution in [3.8, 4) is 11.5 Å². The Labute approximate surface area is 145 Å². The molecule has 1 aliphatic heterocycles. The summed E-state index contributed by atoms with van der Waals surface area (Å²) in [7, 11) is 0. The van der Waals surface area contributed by atoms with Gasteiger partial charge in [-0.3, -0.25) is 0 Å². The van der Waals surface area contributed by atoms with Crippen LogP contribution in [0.5, 0.6) is 11.5 Å². The minimum absolute atomic E-state index is 0.171. The van der Waals surface area contributed by atoms with Gasteiger partial charge in [0.25, 0.3) is 0 Å². The number of rotatable bonds is 4. The molecule has 0 saturated heterocycles. The number of hydrogen-bond acceptors (Lipinski definition) is 3. The second-order valence-electron chi connectivity index (χ2n) is 8.02. The third-order valence-electron chi connectivity index (χ3n) is 5.80. The molecule has 3 heteroatoms. The molecule has 0 radical (unpaired) electrons. The summed E-state index contributed by atoms with van der Waals surface area (Å²) in [5.74, 6) is 1.51. The molecule has 1 fully saturated rings. The van der Waals surface area contributed by atoms with E-state index in [1.807, 2.05) is 6.07 Å². The summed E-state index contributed by atoms with van der Waals surface area (Å²) in [5, 5.41) is 20.9. The number of ether oxygens (including phenoxy) is 1. The standard InChI is InChI=1S/C21H30O3/c1-5-6-7-8-14-10-18(23)20-15-9-13(2)17(22)12-16(15)21(3,4)24-19(20)11-14/h10-11,15-17,22-23H,2,5-9,12H2,1,3-4H3/t15-,16-,17+/m1/s1. The number of benzene rings is 1. The van der Waals surface area contributed by atoms with Gasteiger partial charge in [0.05, 0.1) is 6.10 Å². The monoisotopic (exact) mass is 330 g/mol. The van der Waals surface area contributed by atoms with Crippen LogP contribution < -0.4 is 4.74 Å². The highest BCUT2D eigenvalue weighted by Gasteiger charge is 2.48. The van der Waals surface area contributed by atoms with Gasteiger partial charge >= 0.3 is 0 Å². The molecule has 1 heterocycles. The zero-order valence-electron chi connectivity index (χ0n) is 15.1. The molecule has 2 N–H and O–H groups in total. The summed E-state index contributed by atoms with van der Waals surface area (Å²) in [5.41, 5.74) is 2.56. The normalized spacial score (nSPS) is 28.0. The first-order valence-electron chi connectivity index (χ1n) is 9.24. The SMILES string of the molecule is C=C1C[C@H]2c3c(O)cc(CCCCC)cc3OC(C)(C)[C@@H]2C[C@@H]1O. The molecule has 0 amide bonds. The maximum absolute atomic E-state index is 10.7. The molecule has 1 saturated carbocycles. The van der Waals surface area contributed by atoms with Gasteiger partial charge in [-0.25, -0.2) is 0 Å². The van der Waals surface area contributed by atoms with E-state index in [4.69, 9.17) is 4.74 Å². The highest BCUT2D eigenvalue weighted by Crippen LogP contribution is 2.55. The molecule has 1 aromatic rings. The van der Waals surface area contributed by atoms with E-state index in [9.17, 15) is 10.2 Å². The summed E-state index contributed by atoms with van der Waals surface area (Å²) < 4.78 is 6.30. The minimum atomic E-state index is -0.467. The Morgan fingerprint density at radius 2 is 2.04 bits per heavy atom. The number of phenols is 1. The van der Waals surface area contributed by atoms with Crippen LogP contribution in [0, 0.1) is 5.92 Å². The molecule has 24 heavy (non-hydrogen) atoms. The molecule has 0 bridgehead atoms. The average Bonchev–Trinajstić information content (AvgIpc) is 2.49. The number of phenolic OH excluding ortho intramolecular Hbond substituents is 1. The fourth-order valence-corrected chi connectivity index (χ4v) is 4.41. The van der Waals surface area contributed by atoms with Gasteiger partial charge in [-0.1, -0.05) is 26.3 Å². The molecule has 0 aromatic heterocycles. The van der Waals surface area contributed by atoms with E-state index in [1.165, 1.54) is 12.8 Å². The number of hydrogen-bond donors (Lipinski definition) is 2. The molecule has 3 nitrogen and oxygen atoms in total. The third kappa shape index (κ3) is 3.06. The van der Waals surface area contributed by atoms with E-state index in [0.29, 0.717) is 18.6 Å². The molecule has 1 aromatic carbocycles. The van der Waals surface area contributed by atoms with Crippen molar-refractivity contribution in [1.29, 1.82) is 0 Å². The Hall–Kier alpha value is -1.48. The van der Waals surface area contributed by atoms with Crippen LogP contribution in [-0.2, 0) is 6.42 Å². The minimum Gasteiger partial charge on any atom is -0.508 e. The Balaban J connectivity index is 1.96. The van der Waals surface area contributed by atoms with Gasteiger partial charge in [0.15, 0.2) is 0 Å². The zero-order chi connectivity index (χ0) is 17.5.